The van der Waals surface area contributed by atoms with Crippen LogP contribution < -0.4 is 0 Å². The van der Waals surface area contributed by atoms with Crippen molar-refractivity contribution in [2.75, 3.05) is 6.54 Å². The number of nitriles is 1. The Morgan fingerprint density at radius 1 is 1.27 bits per heavy atom. The molecule has 1 aliphatic carbocycles. The van der Waals surface area contributed by atoms with Crippen molar-refractivity contribution in [3.05, 3.63) is 88.9 Å². The van der Waals surface area contributed by atoms with E-state index in [1.54, 1.807) is 12.4 Å². The van der Waals surface area contributed by atoms with Gasteiger partial charge in [-0.15, -0.1) is 0 Å². The zero-order valence-corrected chi connectivity index (χ0v) is 14.6. The minimum Gasteiger partial charge on any atom is -0.372 e. The molecule has 0 radical (unpaired) electrons. The van der Waals surface area contributed by atoms with E-state index in [-0.39, 0.29) is 17.6 Å². The van der Waals surface area contributed by atoms with Gasteiger partial charge in [0.25, 0.3) is 0 Å². The molecule has 2 aliphatic rings. The highest BCUT2D eigenvalue weighted by molar-refractivity contribution is 5.95. The molecule has 0 spiro atoms. The molecule has 4 rings (SSSR count). The summed E-state index contributed by atoms with van der Waals surface area (Å²) in [6, 6.07) is 13.6. The van der Waals surface area contributed by atoms with Gasteiger partial charge in [0, 0.05) is 31.7 Å². The lowest BCUT2D eigenvalue weighted by atomic mass is 9.77. The first-order valence-corrected chi connectivity index (χ1v) is 8.73. The number of hydrogen-bond acceptors (Lipinski definition) is 4. The molecule has 128 valence electrons. The number of allylic oxidation sites excluding steroid dienone is 2. The van der Waals surface area contributed by atoms with Crippen LogP contribution in [0.1, 0.15) is 29.5 Å². The van der Waals surface area contributed by atoms with Crippen LogP contribution in [-0.2, 0) is 11.3 Å². The number of aromatic nitrogens is 1. The molecule has 4 heteroatoms. The van der Waals surface area contributed by atoms with E-state index in [0.717, 1.165) is 23.2 Å². The molecule has 2 unspecified atom stereocenters. The highest BCUT2D eigenvalue weighted by Gasteiger charge is 2.38. The van der Waals surface area contributed by atoms with Gasteiger partial charge >= 0.3 is 0 Å². The Balaban J connectivity index is 1.54. The highest BCUT2D eigenvalue weighted by atomic mass is 16.1. The topological polar surface area (TPSA) is 57.0 Å². The molecule has 26 heavy (non-hydrogen) atoms. The van der Waals surface area contributed by atoms with E-state index in [9.17, 15) is 4.79 Å². The van der Waals surface area contributed by atoms with Crippen LogP contribution in [-0.4, -0.2) is 22.2 Å². The quantitative estimate of drug-likeness (QED) is 0.856. The fourth-order valence-electron chi connectivity index (χ4n) is 3.79. The van der Waals surface area contributed by atoms with E-state index in [4.69, 9.17) is 5.26 Å². The molecule has 0 saturated heterocycles. The lowest BCUT2D eigenvalue weighted by Crippen LogP contribution is -2.30. The normalized spacial score (nSPS) is 21.7. The highest BCUT2D eigenvalue weighted by Crippen LogP contribution is 2.39. The Morgan fingerprint density at radius 3 is 2.77 bits per heavy atom. The number of carbonyl (C=O) groups excluding carboxylic acids is 1. The van der Waals surface area contributed by atoms with Gasteiger partial charge in [0.2, 0.25) is 0 Å². The Hall–Kier alpha value is -3.19. The van der Waals surface area contributed by atoms with Gasteiger partial charge in [-0.2, -0.15) is 5.26 Å². The molecule has 0 bridgehead atoms. The summed E-state index contributed by atoms with van der Waals surface area (Å²) in [5.41, 5.74) is 5.06. The molecule has 0 saturated carbocycles. The lowest BCUT2D eigenvalue weighted by molar-refractivity contribution is -0.122. The molecule has 2 aromatic rings. The number of fused-ring (bicyclic) bond motifs is 1. The van der Waals surface area contributed by atoms with Crippen molar-refractivity contribution >= 4 is 5.78 Å². The van der Waals surface area contributed by atoms with Crippen LogP contribution in [0.4, 0.5) is 0 Å². The first-order valence-electron chi connectivity index (χ1n) is 8.73. The molecule has 0 amide bonds. The number of Topliss-reactive ketones (excluding diaryl/α,β-unsaturated/α-hetero) is 1. The largest absolute Gasteiger partial charge is 0.372 e. The van der Waals surface area contributed by atoms with Crippen LogP contribution in [0.25, 0.3) is 0 Å². The van der Waals surface area contributed by atoms with E-state index in [1.807, 2.05) is 36.4 Å². The van der Waals surface area contributed by atoms with Crippen molar-refractivity contribution in [3.8, 4) is 6.07 Å². The maximum atomic E-state index is 13.1. The average molecular weight is 341 g/mol. The van der Waals surface area contributed by atoms with Gasteiger partial charge in [-0.1, -0.05) is 24.3 Å². The van der Waals surface area contributed by atoms with Crippen molar-refractivity contribution < 1.29 is 4.79 Å². The summed E-state index contributed by atoms with van der Waals surface area (Å²) in [4.78, 5) is 19.4. The Morgan fingerprint density at radius 2 is 2.08 bits per heavy atom. The summed E-state index contributed by atoms with van der Waals surface area (Å²) >= 11 is 0. The van der Waals surface area contributed by atoms with Gasteiger partial charge in [0.05, 0.1) is 23.5 Å². The van der Waals surface area contributed by atoms with Crippen LogP contribution >= 0.6 is 0 Å². The number of pyridine rings is 1. The summed E-state index contributed by atoms with van der Waals surface area (Å²) < 4.78 is 0. The molecule has 1 aromatic carbocycles. The molecule has 0 fully saturated rings. The minimum absolute atomic E-state index is 0.0800. The summed E-state index contributed by atoms with van der Waals surface area (Å²) in [6.45, 7) is 3.53. The van der Waals surface area contributed by atoms with Crippen molar-refractivity contribution in [1.29, 1.82) is 5.26 Å². The van der Waals surface area contributed by atoms with Gasteiger partial charge in [0.15, 0.2) is 5.78 Å². The monoisotopic (exact) mass is 341 g/mol. The third-order valence-electron chi connectivity index (χ3n) is 5.15. The molecule has 1 aromatic heterocycles. The summed E-state index contributed by atoms with van der Waals surface area (Å²) in [7, 11) is 0. The van der Waals surface area contributed by atoms with Crippen LogP contribution in [0.5, 0.6) is 0 Å². The SMILES string of the molecule is CC1=CC(c2cccnc2)C(=O)C2CN(Cc3ccc(C#N)cc3)C=C12. The second-order valence-corrected chi connectivity index (χ2v) is 6.89. The molecular formula is C22H19N3O. The van der Waals surface area contributed by atoms with E-state index in [2.05, 4.69) is 35.2 Å². The number of hydrogen-bond donors (Lipinski definition) is 0. The lowest BCUT2D eigenvalue weighted by Gasteiger charge is -2.26. The van der Waals surface area contributed by atoms with E-state index < -0.39 is 0 Å². The third kappa shape index (κ3) is 2.93. The number of rotatable bonds is 3. The minimum atomic E-state index is -0.208. The number of nitrogens with zero attached hydrogens (tertiary/aromatic N) is 3. The first kappa shape index (κ1) is 16.3. The van der Waals surface area contributed by atoms with E-state index >= 15 is 0 Å². The zero-order chi connectivity index (χ0) is 18.1. The van der Waals surface area contributed by atoms with Crippen LogP contribution in [0, 0.1) is 17.2 Å². The van der Waals surface area contributed by atoms with E-state index in [1.165, 1.54) is 5.57 Å². The fourth-order valence-corrected chi connectivity index (χ4v) is 3.79. The Kier molecular flexibility index (Phi) is 4.14. The molecule has 4 nitrogen and oxygen atoms in total. The van der Waals surface area contributed by atoms with Crippen LogP contribution in [0.15, 0.2) is 72.2 Å². The maximum absolute atomic E-state index is 13.1. The Bertz CT molecular complexity index is 936. The molecule has 2 atom stereocenters. The van der Waals surface area contributed by atoms with Crippen molar-refractivity contribution in [2.24, 2.45) is 5.92 Å². The number of benzene rings is 1. The van der Waals surface area contributed by atoms with Gasteiger partial charge in [-0.05, 0) is 47.4 Å². The Labute approximate surface area is 153 Å². The second-order valence-electron chi connectivity index (χ2n) is 6.89. The second kappa shape index (κ2) is 6.61. The summed E-state index contributed by atoms with van der Waals surface area (Å²) in [5, 5.41) is 8.91. The predicted octanol–water partition coefficient (Wildman–Crippen LogP) is 3.58. The zero-order valence-electron chi connectivity index (χ0n) is 14.6. The van der Waals surface area contributed by atoms with Gasteiger partial charge in [-0.25, -0.2) is 0 Å². The standard InChI is InChI=1S/C22H19N3O/c1-15-9-19(18-3-2-8-24-11-18)22(26)21-14-25(13-20(15)21)12-17-6-4-16(10-23)5-7-17/h2-9,11,13,19,21H,12,14H2,1H3. The van der Waals surface area contributed by atoms with Crippen molar-refractivity contribution in [1.82, 2.24) is 9.88 Å². The third-order valence-corrected chi connectivity index (χ3v) is 5.15. The summed E-state index contributed by atoms with van der Waals surface area (Å²) in [5.74, 6) is -0.0403. The first-order chi connectivity index (χ1) is 12.7. The molecule has 2 heterocycles. The average Bonchev–Trinajstić information content (AvgIpc) is 3.11. The smallest absolute Gasteiger partial charge is 0.153 e. The van der Waals surface area contributed by atoms with Gasteiger partial charge in [0.1, 0.15) is 0 Å². The molecule has 1 aliphatic heterocycles. The van der Waals surface area contributed by atoms with Crippen molar-refractivity contribution in [3.63, 3.8) is 0 Å². The molecule has 0 N–H and O–H groups in total. The maximum Gasteiger partial charge on any atom is 0.153 e. The number of carbonyl (C=O) groups is 1. The van der Waals surface area contributed by atoms with Gasteiger partial charge in [-0.3, -0.25) is 9.78 Å². The number of ketones is 1. The fraction of sp³-hybridized carbons (Fsp3) is 0.227. The van der Waals surface area contributed by atoms with Crippen molar-refractivity contribution in [2.45, 2.75) is 19.4 Å². The van der Waals surface area contributed by atoms with Gasteiger partial charge < -0.3 is 4.90 Å². The summed E-state index contributed by atoms with van der Waals surface area (Å²) in [6.07, 6.45) is 7.69. The van der Waals surface area contributed by atoms with Crippen LogP contribution in [0.3, 0.4) is 0 Å². The van der Waals surface area contributed by atoms with E-state index in [0.29, 0.717) is 12.1 Å². The van der Waals surface area contributed by atoms with Crippen LogP contribution in [0.2, 0.25) is 0 Å². The predicted molar refractivity (Wildman–Crippen MR) is 98.9 cm³/mol. The molecular weight excluding hydrogens is 322 g/mol.